The molecule has 1 amide bonds. The number of aromatic nitrogens is 2. The third-order valence-corrected chi connectivity index (χ3v) is 4.46. The van der Waals surface area contributed by atoms with E-state index in [9.17, 15) is 19.4 Å². The molecule has 1 aromatic carbocycles. The van der Waals surface area contributed by atoms with Gasteiger partial charge in [-0.25, -0.2) is 9.07 Å². The van der Waals surface area contributed by atoms with Crippen LogP contribution in [0.4, 0.5) is 4.39 Å². The van der Waals surface area contributed by atoms with E-state index >= 15 is 0 Å². The standard InChI is InChI=1S/C17H20FN3O3/c1-10-7-12(18)5-6-13(10)21-9-15(23)16(20-21)17(24)19-8-11-3-2-4-14(11)22/h5-7,9,11,14,22-23H,2-4,8H2,1H3,(H,19,24). The Balaban J connectivity index is 1.74. The highest BCUT2D eigenvalue weighted by Gasteiger charge is 2.26. The number of carbonyl (C=O) groups is 1. The average Bonchev–Trinajstić information content (AvgIpc) is 3.11. The molecule has 0 saturated heterocycles. The minimum Gasteiger partial charge on any atom is -0.504 e. The summed E-state index contributed by atoms with van der Waals surface area (Å²) in [6.07, 6.45) is 3.50. The fourth-order valence-corrected chi connectivity index (χ4v) is 3.09. The monoisotopic (exact) mass is 333 g/mol. The molecule has 0 aliphatic heterocycles. The van der Waals surface area contributed by atoms with Crippen molar-refractivity contribution in [3.8, 4) is 11.4 Å². The highest BCUT2D eigenvalue weighted by Crippen LogP contribution is 2.25. The van der Waals surface area contributed by atoms with Gasteiger partial charge in [0.2, 0.25) is 0 Å². The van der Waals surface area contributed by atoms with Crippen LogP contribution in [0, 0.1) is 18.7 Å². The summed E-state index contributed by atoms with van der Waals surface area (Å²) in [4.78, 5) is 12.2. The Morgan fingerprint density at radius 2 is 2.25 bits per heavy atom. The Hall–Kier alpha value is -2.41. The molecule has 2 unspecified atom stereocenters. The number of hydrogen-bond donors (Lipinski definition) is 3. The highest BCUT2D eigenvalue weighted by atomic mass is 19.1. The van der Waals surface area contributed by atoms with Crippen molar-refractivity contribution < 1.29 is 19.4 Å². The fourth-order valence-electron chi connectivity index (χ4n) is 3.09. The smallest absolute Gasteiger partial charge is 0.275 e. The molecule has 1 aromatic heterocycles. The molecule has 1 fully saturated rings. The molecule has 6 nitrogen and oxygen atoms in total. The van der Waals surface area contributed by atoms with Gasteiger partial charge < -0.3 is 15.5 Å². The van der Waals surface area contributed by atoms with Gasteiger partial charge in [-0.1, -0.05) is 6.42 Å². The van der Waals surface area contributed by atoms with Crippen LogP contribution >= 0.6 is 0 Å². The van der Waals surface area contributed by atoms with Crippen molar-refractivity contribution in [1.29, 1.82) is 0 Å². The Labute approximate surface area is 138 Å². The summed E-state index contributed by atoms with van der Waals surface area (Å²) in [5, 5.41) is 26.6. The molecule has 0 spiro atoms. The summed E-state index contributed by atoms with van der Waals surface area (Å²) in [7, 11) is 0. The van der Waals surface area contributed by atoms with Crippen LogP contribution in [-0.4, -0.2) is 38.5 Å². The first-order valence-corrected chi connectivity index (χ1v) is 7.97. The number of aryl methyl sites for hydroxylation is 1. The van der Waals surface area contributed by atoms with Gasteiger partial charge in [-0.3, -0.25) is 4.79 Å². The maximum Gasteiger partial charge on any atom is 0.275 e. The van der Waals surface area contributed by atoms with Gasteiger partial charge in [0.15, 0.2) is 11.4 Å². The molecule has 7 heteroatoms. The van der Waals surface area contributed by atoms with E-state index in [1.54, 1.807) is 6.92 Å². The third-order valence-electron chi connectivity index (χ3n) is 4.46. The zero-order chi connectivity index (χ0) is 17.3. The molecule has 1 saturated carbocycles. The maximum absolute atomic E-state index is 13.2. The summed E-state index contributed by atoms with van der Waals surface area (Å²) >= 11 is 0. The lowest BCUT2D eigenvalue weighted by molar-refractivity contribution is 0.0909. The van der Waals surface area contributed by atoms with Gasteiger partial charge >= 0.3 is 0 Å². The number of aliphatic hydroxyl groups is 1. The van der Waals surface area contributed by atoms with Gasteiger partial charge in [0.1, 0.15) is 5.82 Å². The average molecular weight is 333 g/mol. The first-order valence-electron chi connectivity index (χ1n) is 7.97. The predicted molar refractivity (Wildman–Crippen MR) is 85.6 cm³/mol. The normalized spacial score (nSPS) is 20.3. The molecular weight excluding hydrogens is 313 g/mol. The number of amides is 1. The predicted octanol–water partition coefficient (Wildman–Crippen LogP) is 1.92. The van der Waals surface area contributed by atoms with Crippen LogP contribution in [0.2, 0.25) is 0 Å². The fraction of sp³-hybridized carbons (Fsp3) is 0.412. The molecule has 1 aliphatic carbocycles. The molecule has 1 aliphatic rings. The number of halogens is 1. The molecule has 3 N–H and O–H groups in total. The van der Waals surface area contributed by atoms with Crippen molar-refractivity contribution >= 4 is 5.91 Å². The second-order valence-corrected chi connectivity index (χ2v) is 6.21. The largest absolute Gasteiger partial charge is 0.504 e. The van der Waals surface area contributed by atoms with Crippen molar-refractivity contribution in [3.63, 3.8) is 0 Å². The van der Waals surface area contributed by atoms with Crippen LogP contribution in [0.15, 0.2) is 24.4 Å². The van der Waals surface area contributed by atoms with E-state index in [-0.39, 0.29) is 23.2 Å². The molecule has 128 valence electrons. The first kappa shape index (κ1) is 16.4. The number of aliphatic hydroxyl groups excluding tert-OH is 1. The molecule has 0 radical (unpaired) electrons. The van der Waals surface area contributed by atoms with Crippen LogP contribution in [0.5, 0.6) is 5.75 Å². The van der Waals surface area contributed by atoms with Crippen molar-refractivity contribution in [3.05, 3.63) is 41.5 Å². The minimum atomic E-state index is -0.495. The zero-order valence-electron chi connectivity index (χ0n) is 13.4. The summed E-state index contributed by atoms with van der Waals surface area (Å²) in [6.45, 7) is 2.07. The van der Waals surface area contributed by atoms with Gasteiger partial charge in [-0.05, 0) is 43.5 Å². The number of aromatic hydroxyl groups is 1. The second kappa shape index (κ2) is 6.60. The van der Waals surface area contributed by atoms with Crippen LogP contribution in [-0.2, 0) is 0 Å². The van der Waals surface area contributed by atoms with Crippen LogP contribution in [0.25, 0.3) is 5.69 Å². The summed E-state index contributed by atoms with van der Waals surface area (Å²) in [6, 6.07) is 4.19. The molecule has 2 aromatic rings. The number of benzene rings is 1. The van der Waals surface area contributed by atoms with E-state index in [0.29, 0.717) is 17.8 Å². The van der Waals surface area contributed by atoms with E-state index in [4.69, 9.17) is 0 Å². The Morgan fingerprint density at radius 3 is 2.92 bits per heavy atom. The van der Waals surface area contributed by atoms with Gasteiger partial charge in [-0.15, -0.1) is 0 Å². The van der Waals surface area contributed by atoms with Crippen molar-refractivity contribution in [2.45, 2.75) is 32.3 Å². The first-order chi connectivity index (χ1) is 11.5. The van der Waals surface area contributed by atoms with E-state index in [1.807, 2.05) is 0 Å². The second-order valence-electron chi connectivity index (χ2n) is 6.21. The van der Waals surface area contributed by atoms with E-state index in [1.165, 1.54) is 29.1 Å². The lowest BCUT2D eigenvalue weighted by Crippen LogP contribution is -2.32. The highest BCUT2D eigenvalue weighted by molar-refractivity contribution is 5.94. The van der Waals surface area contributed by atoms with Crippen LogP contribution < -0.4 is 5.32 Å². The summed E-state index contributed by atoms with van der Waals surface area (Å²) in [5.41, 5.74) is 1.13. The minimum absolute atomic E-state index is 0.0394. The zero-order valence-corrected chi connectivity index (χ0v) is 13.4. The van der Waals surface area contributed by atoms with Crippen molar-refractivity contribution in [2.24, 2.45) is 5.92 Å². The van der Waals surface area contributed by atoms with Gasteiger partial charge in [0.25, 0.3) is 5.91 Å². The number of nitrogens with zero attached hydrogens (tertiary/aromatic N) is 2. The van der Waals surface area contributed by atoms with Gasteiger partial charge in [0.05, 0.1) is 18.0 Å². The molecule has 0 bridgehead atoms. The number of nitrogens with one attached hydrogen (secondary N) is 1. The maximum atomic E-state index is 13.2. The number of carbonyl (C=O) groups excluding carboxylic acids is 1. The Bertz CT molecular complexity index is 760. The number of hydrogen-bond acceptors (Lipinski definition) is 4. The summed E-state index contributed by atoms with van der Waals surface area (Å²) in [5.74, 6) is -1.06. The van der Waals surface area contributed by atoms with E-state index in [0.717, 1.165) is 19.3 Å². The lowest BCUT2D eigenvalue weighted by atomic mass is 10.1. The Kier molecular flexibility index (Phi) is 4.53. The van der Waals surface area contributed by atoms with Gasteiger partial charge in [-0.2, -0.15) is 5.10 Å². The van der Waals surface area contributed by atoms with Crippen molar-refractivity contribution in [1.82, 2.24) is 15.1 Å². The Morgan fingerprint density at radius 1 is 1.46 bits per heavy atom. The summed E-state index contributed by atoms with van der Waals surface area (Å²) < 4.78 is 14.5. The third kappa shape index (κ3) is 3.26. The number of rotatable bonds is 4. The van der Waals surface area contributed by atoms with Crippen molar-refractivity contribution in [2.75, 3.05) is 6.54 Å². The topological polar surface area (TPSA) is 87.4 Å². The van der Waals surface area contributed by atoms with E-state index in [2.05, 4.69) is 10.4 Å². The van der Waals surface area contributed by atoms with Gasteiger partial charge in [0, 0.05) is 12.5 Å². The molecule has 3 rings (SSSR count). The molecule has 2 atom stereocenters. The lowest BCUT2D eigenvalue weighted by Gasteiger charge is -2.14. The molecule has 1 heterocycles. The quantitative estimate of drug-likeness (QED) is 0.798. The molecule has 24 heavy (non-hydrogen) atoms. The van der Waals surface area contributed by atoms with Crippen LogP contribution in [0.3, 0.4) is 0 Å². The van der Waals surface area contributed by atoms with Crippen LogP contribution in [0.1, 0.15) is 35.3 Å². The SMILES string of the molecule is Cc1cc(F)ccc1-n1cc(O)c(C(=O)NCC2CCCC2O)n1. The molecular formula is C17H20FN3O3. The van der Waals surface area contributed by atoms with E-state index < -0.39 is 12.0 Å².